The van der Waals surface area contributed by atoms with Crippen LogP contribution < -0.4 is 0 Å². The van der Waals surface area contributed by atoms with E-state index in [9.17, 15) is 14.4 Å². The molecule has 0 saturated carbocycles. The van der Waals surface area contributed by atoms with Crippen molar-refractivity contribution in [1.82, 2.24) is 0 Å². The van der Waals surface area contributed by atoms with Gasteiger partial charge in [-0.05, 0) is 89.9 Å². The third-order valence-corrected chi connectivity index (χ3v) is 12.7. The minimum atomic E-state index is -0.806. The summed E-state index contributed by atoms with van der Waals surface area (Å²) in [4.78, 5) is 38.2. The molecule has 0 heterocycles. The first-order valence-corrected chi connectivity index (χ1v) is 29.4. The average molecular weight is 964 g/mol. The summed E-state index contributed by atoms with van der Waals surface area (Å²) in [5.41, 5.74) is 0. The van der Waals surface area contributed by atoms with Gasteiger partial charge in [-0.15, -0.1) is 0 Å². The van der Waals surface area contributed by atoms with E-state index in [4.69, 9.17) is 14.2 Å². The molecule has 0 radical (unpaired) electrons. The van der Waals surface area contributed by atoms with Crippen molar-refractivity contribution in [2.75, 3.05) is 13.2 Å². The number of carbonyl (C=O) groups excluding carboxylic acids is 3. The Morgan fingerprint density at radius 2 is 0.536 bits per heavy atom. The lowest BCUT2D eigenvalue weighted by molar-refractivity contribution is -0.167. The maximum atomic E-state index is 12.9. The summed E-state index contributed by atoms with van der Waals surface area (Å²) in [5, 5.41) is 0. The molecule has 0 bridgehead atoms. The number of hydrogen-bond acceptors (Lipinski definition) is 6. The van der Waals surface area contributed by atoms with E-state index in [0.29, 0.717) is 19.3 Å². The van der Waals surface area contributed by atoms with Gasteiger partial charge in [0.05, 0.1) is 0 Å². The van der Waals surface area contributed by atoms with Gasteiger partial charge in [-0.2, -0.15) is 0 Å². The molecule has 0 unspecified atom stereocenters. The fourth-order valence-corrected chi connectivity index (χ4v) is 8.23. The molecule has 0 aliphatic heterocycles. The van der Waals surface area contributed by atoms with Crippen LogP contribution in [0.5, 0.6) is 0 Å². The highest BCUT2D eigenvalue weighted by Gasteiger charge is 2.19. The van der Waals surface area contributed by atoms with Gasteiger partial charge in [-0.25, -0.2) is 0 Å². The fourth-order valence-electron chi connectivity index (χ4n) is 8.23. The van der Waals surface area contributed by atoms with Gasteiger partial charge in [0.2, 0.25) is 0 Å². The van der Waals surface area contributed by atoms with Crippen LogP contribution in [0.3, 0.4) is 0 Å². The summed E-state index contributed by atoms with van der Waals surface area (Å²) in [6, 6.07) is 0. The molecular weight excluding hydrogens is 853 g/mol. The Balaban J connectivity index is 4.47. The number of rotatable bonds is 53. The minimum absolute atomic E-state index is 0.0980. The van der Waals surface area contributed by atoms with Crippen LogP contribution in [0.4, 0.5) is 0 Å². The van der Waals surface area contributed by atoms with Crippen LogP contribution in [0, 0.1) is 0 Å². The molecule has 0 aliphatic carbocycles. The Bertz CT molecular complexity index is 1290. The number of allylic oxidation sites excluding steroid dienone is 12. The normalized spacial score (nSPS) is 12.6. The van der Waals surface area contributed by atoms with Gasteiger partial charge in [0.1, 0.15) is 13.2 Å². The Hall–Kier alpha value is -3.15. The van der Waals surface area contributed by atoms with E-state index < -0.39 is 6.10 Å². The highest BCUT2D eigenvalue weighted by atomic mass is 16.6. The maximum absolute atomic E-state index is 12.9. The van der Waals surface area contributed by atoms with Crippen molar-refractivity contribution in [3.63, 3.8) is 0 Å². The standard InChI is InChI=1S/C63H110O6/c1-4-7-10-13-16-19-22-25-28-31-34-37-40-43-46-49-52-55-61(64)67-58-60(69-63(66)57-54-51-48-45-42-39-36-33-30-27-24-21-18-15-12-9-6-3)59-68-62(65)56-53-50-47-44-41-38-35-32-29-26-23-20-17-14-11-8-5-2/h18,21,25,27-28,30,34,36-37,39,43,46,60H,4-17,19-20,22-24,26,29,31-33,35,38,40-42,44-45,47-59H2,1-3H3/b21-18-,28-25-,30-27-,37-34-,39-36-,46-43-/t60-/m1/s1. The number of esters is 3. The molecule has 398 valence electrons. The molecule has 0 N–H and O–H groups in total. The van der Waals surface area contributed by atoms with E-state index in [1.165, 1.54) is 161 Å². The van der Waals surface area contributed by atoms with Crippen LogP contribution in [0.2, 0.25) is 0 Å². The highest BCUT2D eigenvalue weighted by molar-refractivity contribution is 5.71. The topological polar surface area (TPSA) is 78.9 Å². The van der Waals surface area contributed by atoms with Crippen LogP contribution >= 0.6 is 0 Å². The summed E-state index contributed by atoms with van der Waals surface area (Å²) in [6.45, 7) is 6.57. The lowest BCUT2D eigenvalue weighted by Gasteiger charge is -2.18. The zero-order valence-corrected chi connectivity index (χ0v) is 45.6. The van der Waals surface area contributed by atoms with Gasteiger partial charge in [0, 0.05) is 19.3 Å². The van der Waals surface area contributed by atoms with Crippen LogP contribution in [0.1, 0.15) is 290 Å². The van der Waals surface area contributed by atoms with Crippen molar-refractivity contribution in [2.45, 2.75) is 297 Å². The zero-order valence-electron chi connectivity index (χ0n) is 45.6. The molecule has 0 rings (SSSR count). The minimum Gasteiger partial charge on any atom is -0.462 e. The monoisotopic (exact) mass is 963 g/mol. The second-order valence-corrected chi connectivity index (χ2v) is 19.6. The molecule has 0 spiro atoms. The molecule has 0 saturated heterocycles. The predicted octanol–water partition coefficient (Wildman–Crippen LogP) is 19.8. The van der Waals surface area contributed by atoms with Gasteiger partial charge in [0.15, 0.2) is 6.10 Å². The molecule has 0 amide bonds. The van der Waals surface area contributed by atoms with Crippen LogP contribution in [-0.4, -0.2) is 37.2 Å². The van der Waals surface area contributed by atoms with Gasteiger partial charge in [0.25, 0.3) is 0 Å². The van der Waals surface area contributed by atoms with Crippen molar-refractivity contribution >= 4 is 17.9 Å². The molecular formula is C63H110O6. The summed E-state index contributed by atoms with van der Waals surface area (Å²) >= 11 is 0. The van der Waals surface area contributed by atoms with Crippen molar-refractivity contribution in [2.24, 2.45) is 0 Å². The van der Waals surface area contributed by atoms with Crippen molar-refractivity contribution in [3.8, 4) is 0 Å². The predicted molar refractivity (Wildman–Crippen MR) is 298 cm³/mol. The van der Waals surface area contributed by atoms with Crippen LogP contribution in [0.15, 0.2) is 72.9 Å². The third kappa shape index (κ3) is 55.6. The van der Waals surface area contributed by atoms with Gasteiger partial charge in [-0.3, -0.25) is 14.4 Å². The van der Waals surface area contributed by atoms with Gasteiger partial charge < -0.3 is 14.2 Å². The van der Waals surface area contributed by atoms with Crippen molar-refractivity contribution in [3.05, 3.63) is 72.9 Å². The molecule has 0 aromatic carbocycles. The maximum Gasteiger partial charge on any atom is 0.306 e. The Kier molecular flexibility index (Phi) is 54.8. The molecule has 6 nitrogen and oxygen atoms in total. The number of ether oxygens (including phenoxy) is 3. The average Bonchev–Trinajstić information content (AvgIpc) is 3.35. The molecule has 1 atom stereocenters. The Morgan fingerprint density at radius 3 is 0.899 bits per heavy atom. The van der Waals surface area contributed by atoms with Crippen molar-refractivity contribution < 1.29 is 28.6 Å². The molecule has 0 aromatic rings. The van der Waals surface area contributed by atoms with Crippen LogP contribution in [0.25, 0.3) is 0 Å². The molecule has 0 aliphatic rings. The molecule has 0 aromatic heterocycles. The molecule has 0 fully saturated rings. The first kappa shape index (κ1) is 65.8. The highest BCUT2D eigenvalue weighted by Crippen LogP contribution is 2.16. The van der Waals surface area contributed by atoms with Gasteiger partial charge >= 0.3 is 17.9 Å². The Labute approximate surface area is 427 Å². The largest absolute Gasteiger partial charge is 0.462 e. The van der Waals surface area contributed by atoms with Crippen LogP contribution in [-0.2, 0) is 28.6 Å². The second-order valence-electron chi connectivity index (χ2n) is 19.6. The number of hydrogen-bond donors (Lipinski definition) is 0. The number of carbonyl (C=O) groups is 3. The molecule has 6 heteroatoms. The fraction of sp³-hybridized carbons (Fsp3) is 0.762. The summed E-state index contributed by atoms with van der Waals surface area (Å²) in [6.07, 6.45) is 73.2. The molecule has 69 heavy (non-hydrogen) atoms. The summed E-state index contributed by atoms with van der Waals surface area (Å²) in [5.74, 6) is -0.964. The van der Waals surface area contributed by atoms with E-state index in [1.807, 2.05) is 0 Å². The Morgan fingerprint density at radius 1 is 0.290 bits per heavy atom. The van der Waals surface area contributed by atoms with Crippen molar-refractivity contribution in [1.29, 1.82) is 0 Å². The number of unbranched alkanes of at least 4 members (excludes halogenated alkanes) is 30. The van der Waals surface area contributed by atoms with E-state index in [1.54, 1.807) is 0 Å². The first-order chi connectivity index (χ1) is 34.0. The third-order valence-electron chi connectivity index (χ3n) is 12.7. The smallest absolute Gasteiger partial charge is 0.306 e. The van der Waals surface area contributed by atoms with E-state index in [-0.39, 0.29) is 37.5 Å². The summed E-state index contributed by atoms with van der Waals surface area (Å²) < 4.78 is 16.8. The lowest BCUT2D eigenvalue weighted by atomic mass is 10.0. The van der Waals surface area contributed by atoms with Gasteiger partial charge in [-0.1, -0.05) is 254 Å². The zero-order chi connectivity index (χ0) is 50.0. The summed E-state index contributed by atoms with van der Waals surface area (Å²) in [7, 11) is 0. The first-order valence-electron chi connectivity index (χ1n) is 29.4. The van der Waals surface area contributed by atoms with E-state index in [0.717, 1.165) is 83.5 Å². The lowest BCUT2D eigenvalue weighted by Crippen LogP contribution is -2.30. The van der Waals surface area contributed by atoms with E-state index >= 15 is 0 Å². The van der Waals surface area contributed by atoms with E-state index in [2.05, 4.69) is 93.7 Å². The quantitative estimate of drug-likeness (QED) is 0.0262. The SMILES string of the molecule is CCCCC/C=C\C/C=C\C/C=C\CCCCCCC(=O)O[C@H](COC(=O)CCC/C=C\C/C=C\C/C=C\CCCCCCCC)COC(=O)CCCCCCCCCCCCCCCCCCC. The second kappa shape index (κ2) is 57.4.